The van der Waals surface area contributed by atoms with Gasteiger partial charge >= 0.3 is 0 Å². The molecule has 0 spiro atoms. The van der Waals surface area contributed by atoms with E-state index in [9.17, 15) is 14.0 Å². The number of fused-ring (bicyclic) bond motifs is 3. The fourth-order valence-corrected chi connectivity index (χ4v) is 5.33. The van der Waals surface area contributed by atoms with Crippen LogP contribution in [0.2, 0.25) is 0 Å². The molecule has 2 unspecified atom stereocenters. The Labute approximate surface area is 218 Å². The van der Waals surface area contributed by atoms with Gasteiger partial charge in [0.15, 0.2) is 17.3 Å². The summed E-state index contributed by atoms with van der Waals surface area (Å²) in [6.07, 6.45) is 3.64. The van der Waals surface area contributed by atoms with Gasteiger partial charge in [-0.2, -0.15) is 0 Å². The number of aromatic nitrogens is 4. The number of carbonyl (C=O) groups is 2. The third-order valence-electron chi connectivity index (χ3n) is 7.38. The summed E-state index contributed by atoms with van der Waals surface area (Å²) >= 11 is 0. The number of imidazole rings is 1. The van der Waals surface area contributed by atoms with Gasteiger partial charge in [-0.1, -0.05) is 38.1 Å². The van der Waals surface area contributed by atoms with Gasteiger partial charge in [0.25, 0.3) is 5.91 Å². The van der Waals surface area contributed by atoms with Crippen molar-refractivity contribution in [3.8, 4) is 17.1 Å². The van der Waals surface area contributed by atoms with Gasteiger partial charge in [-0.05, 0) is 23.6 Å². The molecule has 6 heterocycles. The van der Waals surface area contributed by atoms with E-state index in [1.165, 1.54) is 23.6 Å². The highest BCUT2D eigenvalue weighted by Crippen LogP contribution is 2.34. The molecule has 0 N–H and O–H groups in total. The summed E-state index contributed by atoms with van der Waals surface area (Å²) in [6, 6.07) is 11.4. The van der Waals surface area contributed by atoms with E-state index in [2.05, 4.69) is 53.0 Å². The number of hydrogen-bond donors (Lipinski definition) is 0. The number of piperazine rings is 1. The standard InChI is InChI=1S/C28H27FN6O3/c1-16(2)17-5-7-18(8-6-17)24-20(34-12-4-11-30-28(34)32-24)13-33-14-21-26(36)22(15-33)35(21)27(37)25-19(29)9-10-23(31-25)38-3/h4-12,16,21-22H,13-15H2,1-3H3. The second-order valence-electron chi connectivity index (χ2n) is 10.00. The first-order valence-electron chi connectivity index (χ1n) is 12.6. The van der Waals surface area contributed by atoms with Crippen LogP contribution in [0.4, 0.5) is 4.39 Å². The molecule has 9 nitrogen and oxygen atoms in total. The van der Waals surface area contributed by atoms with Gasteiger partial charge in [0.05, 0.1) is 18.5 Å². The molecular formula is C28H27FN6O3. The number of ether oxygens (including phenoxy) is 1. The Kier molecular flexibility index (Phi) is 5.91. The first-order valence-corrected chi connectivity index (χ1v) is 12.6. The van der Waals surface area contributed by atoms with Crippen LogP contribution in [-0.4, -0.2) is 73.1 Å². The van der Waals surface area contributed by atoms with Crippen LogP contribution in [0.15, 0.2) is 54.9 Å². The van der Waals surface area contributed by atoms with E-state index < -0.39 is 23.8 Å². The van der Waals surface area contributed by atoms with E-state index >= 15 is 0 Å². The molecule has 3 saturated heterocycles. The van der Waals surface area contributed by atoms with Crippen LogP contribution in [-0.2, 0) is 11.3 Å². The van der Waals surface area contributed by atoms with Crippen LogP contribution < -0.4 is 4.74 Å². The lowest BCUT2D eigenvalue weighted by Crippen LogP contribution is -2.76. The average Bonchev–Trinajstić information content (AvgIpc) is 3.30. The molecule has 4 aromatic rings. The summed E-state index contributed by atoms with van der Waals surface area (Å²) in [4.78, 5) is 42.7. The zero-order chi connectivity index (χ0) is 26.6. The van der Waals surface area contributed by atoms with Crippen molar-refractivity contribution in [3.05, 3.63) is 77.6 Å². The minimum Gasteiger partial charge on any atom is -0.481 e. The summed E-state index contributed by atoms with van der Waals surface area (Å²) in [5.41, 5.74) is 3.70. The Balaban J connectivity index is 1.27. The number of nitrogens with zero attached hydrogens (tertiary/aromatic N) is 6. The van der Waals surface area contributed by atoms with Crippen molar-refractivity contribution in [1.29, 1.82) is 0 Å². The Morgan fingerprint density at radius 3 is 2.53 bits per heavy atom. The molecule has 2 bridgehead atoms. The maximum Gasteiger partial charge on any atom is 0.276 e. The fraction of sp³-hybridized carbons (Fsp3) is 0.321. The number of Topliss-reactive ketones (excluding diaryl/α,β-unsaturated/α-hetero) is 1. The monoisotopic (exact) mass is 514 g/mol. The molecule has 0 saturated carbocycles. The van der Waals surface area contributed by atoms with Crippen LogP contribution in [0.3, 0.4) is 0 Å². The predicted molar refractivity (Wildman–Crippen MR) is 137 cm³/mol. The summed E-state index contributed by atoms with van der Waals surface area (Å²) in [5.74, 6) is -0.182. The second kappa shape index (κ2) is 9.29. The second-order valence-corrected chi connectivity index (χ2v) is 10.00. The molecule has 38 heavy (non-hydrogen) atoms. The van der Waals surface area contributed by atoms with Crippen molar-refractivity contribution in [2.24, 2.45) is 0 Å². The average molecular weight is 515 g/mol. The lowest BCUT2D eigenvalue weighted by Gasteiger charge is -2.54. The molecule has 1 amide bonds. The van der Waals surface area contributed by atoms with Crippen molar-refractivity contribution in [2.75, 3.05) is 20.2 Å². The largest absolute Gasteiger partial charge is 0.481 e. The van der Waals surface area contributed by atoms with Crippen LogP contribution >= 0.6 is 0 Å². The number of methoxy groups -OCH3 is 1. The normalized spacial score (nSPS) is 19.2. The van der Waals surface area contributed by atoms with Crippen molar-refractivity contribution in [1.82, 2.24) is 29.2 Å². The number of benzene rings is 1. The molecule has 0 radical (unpaired) electrons. The zero-order valence-corrected chi connectivity index (χ0v) is 21.3. The van der Waals surface area contributed by atoms with E-state index in [-0.39, 0.29) is 17.4 Å². The van der Waals surface area contributed by atoms with Gasteiger partial charge in [0.1, 0.15) is 12.1 Å². The van der Waals surface area contributed by atoms with Crippen molar-refractivity contribution in [3.63, 3.8) is 0 Å². The Bertz CT molecular complexity index is 1530. The van der Waals surface area contributed by atoms with Crippen LogP contribution in [0, 0.1) is 5.82 Å². The zero-order valence-electron chi connectivity index (χ0n) is 21.3. The van der Waals surface area contributed by atoms with Gasteiger partial charge < -0.3 is 9.64 Å². The third-order valence-corrected chi connectivity index (χ3v) is 7.38. The Morgan fingerprint density at radius 2 is 1.84 bits per heavy atom. The summed E-state index contributed by atoms with van der Waals surface area (Å²) in [7, 11) is 1.40. The van der Waals surface area contributed by atoms with Gasteiger partial charge in [-0.3, -0.25) is 18.9 Å². The molecule has 3 aromatic heterocycles. The number of rotatable bonds is 6. The minimum atomic E-state index is -0.739. The molecule has 0 aliphatic carbocycles. The highest BCUT2D eigenvalue weighted by Gasteiger charge is 2.55. The smallest absolute Gasteiger partial charge is 0.276 e. The van der Waals surface area contributed by atoms with Crippen molar-refractivity contribution >= 4 is 17.5 Å². The summed E-state index contributed by atoms with van der Waals surface area (Å²) in [5, 5.41) is 0. The summed E-state index contributed by atoms with van der Waals surface area (Å²) < 4.78 is 21.4. The molecule has 7 rings (SSSR count). The van der Waals surface area contributed by atoms with Gasteiger partial charge in [0, 0.05) is 43.7 Å². The highest BCUT2D eigenvalue weighted by atomic mass is 19.1. The molecule has 10 heteroatoms. The lowest BCUT2D eigenvalue weighted by atomic mass is 9.85. The fourth-order valence-electron chi connectivity index (χ4n) is 5.33. The van der Waals surface area contributed by atoms with E-state index in [4.69, 9.17) is 9.72 Å². The summed E-state index contributed by atoms with van der Waals surface area (Å²) in [6.45, 7) is 5.51. The highest BCUT2D eigenvalue weighted by molar-refractivity contribution is 6.07. The predicted octanol–water partition coefficient (Wildman–Crippen LogP) is 3.34. The van der Waals surface area contributed by atoms with Crippen molar-refractivity contribution < 1.29 is 18.7 Å². The van der Waals surface area contributed by atoms with E-state index in [0.717, 1.165) is 23.0 Å². The maximum atomic E-state index is 14.4. The molecule has 3 aliphatic rings. The number of ketones is 1. The maximum absolute atomic E-state index is 14.4. The Morgan fingerprint density at radius 1 is 1.11 bits per heavy atom. The topological polar surface area (TPSA) is 92.9 Å². The molecule has 3 aliphatic heterocycles. The number of hydrogen-bond acceptors (Lipinski definition) is 7. The van der Waals surface area contributed by atoms with Crippen LogP contribution in [0.5, 0.6) is 5.88 Å². The first-order chi connectivity index (χ1) is 18.4. The van der Waals surface area contributed by atoms with E-state index in [1.54, 1.807) is 6.20 Å². The molecular weight excluding hydrogens is 487 g/mol. The molecule has 194 valence electrons. The molecule has 3 fully saturated rings. The first kappa shape index (κ1) is 24.2. The quantitative estimate of drug-likeness (QED) is 0.390. The van der Waals surface area contributed by atoms with Gasteiger partial charge in [-0.25, -0.2) is 19.3 Å². The SMILES string of the molecule is COc1ccc(F)c(C(=O)N2C3CN(Cc4c(-c5ccc(C(C)C)cc5)nc5ncccn45)CC2C3=O)n1. The third kappa shape index (κ3) is 3.92. The number of pyridine rings is 1. The van der Waals surface area contributed by atoms with Crippen LogP contribution in [0.25, 0.3) is 17.0 Å². The van der Waals surface area contributed by atoms with Crippen molar-refractivity contribution in [2.45, 2.75) is 38.4 Å². The Hall–Kier alpha value is -4.18. The minimum absolute atomic E-state index is 0.0118. The number of halogens is 1. The molecule has 2 atom stereocenters. The van der Waals surface area contributed by atoms with Gasteiger partial charge in [-0.15, -0.1) is 0 Å². The van der Waals surface area contributed by atoms with Crippen LogP contribution in [0.1, 0.15) is 41.5 Å². The van der Waals surface area contributed by atoms with E-state index in [0.29, 0.717) is 31.3 Å². The number of amides is 1. The number of carbonyl (C=O) groups excluding carboxylic acids is 2. The van der Waals surface area contributed by atoms with E-state index in [1.807, 2.05) is 16.7 Å². The lowest BCUT2D eigenvalue weighted by molar-refractivity contribution is -0.150. The number of piperidine rings is 1. The van der Waals surface area contributed by atoms with Gasteiger partial charge in [0.2, 0.25) is 11.7 Å². The molecule has 1 aromatic carbocycles.